The van der Waals surface area contributed by atoms with Crippen LogP contribution >= 0.6 is 0 Å². The number of rotatable bonds is 4. The van der Waals surface area contributed by atoms with Gasteiger partial charge < -0.3 is 19.3 Å². The first kappa shape index (κ1) is 17.8. The topological polar surface area (TPSA) is 67.8 Å². The summed E-state index contributed by atoms with van der Waals surface area (Å²) in [5.74, 6) is 1.63. The molecule has 7 nitrogen and oxygen atoms in total. The van der Waals surface area contributed by atoms with Crippen LogP contribution < -0.4 is 14.4 Å². The van der Waals surface area contributed by atoms with Gasteiger partial charge in [-0.15, -0.1) is 0 Å². The molecule has 0 bridgehead atoms. The molecule has 144 valence electrons. The molecule has 7 heteroatoms. The molecule has 0 N–H and O–H groups in total. The Hall–Kier alpha value is -2.57. The molecule has 3 heterocycles. The number of carbonyl (C=O) groups is 1. The van der Waals surface area contributed by atoms with Gasteiger partial charge in [0, 0.05) is 43.5 Å². The maximum absolute atomic E-state index is 12.4. The van der Waals surface area contributed by atoms with Gasteiger partial charge in [-0.1, -0.05) is 0 Å². The highest BCUT2D eigenvalue weighted by Crippen LogP contribution is 2.36. The zero-order valence-corrected chi connectivity index (χ0v) is 16.0. The van der Waals surface area contributed by atoms with Crippen LogP contribution in [0.4, 0.5) is 5.69 Å². The minimum absolute atomic E-state index is 0.273. The maximum Gasteiger partial charge on any atom is 0.222 e. The molecule has 2 aliphatic rings. The maximum atomic E-state index is 12.4. The molecule has 2 saturated heterocycles. The average Bonchev–Trinajstić information content (AvgIpc) is 2.72. The quantitative estimate of drug-likeness (QED) is 0.824. The van der Waals surface area contributed by atoms with Gasteiger partial charge in [0.25, 0.3) is 0 Å². The Morgan fingerprint density at radius 3 is 2.67 bits per heavy atom. The molecule has 0 aliphatic carbocycles. The molecular weight excluding hydrogens is 344 g/mol. The van der Waals surface area contributed by atoms with E-state index in [4.69, 9.17) is 9.47 Å². The molecular formula is C20H26N4O3. The molecule has 0 spiro atoms. The van der Waals surface area contributed by atoms with E-state index < -0.39 is 0 Å². The van der Waals surface area contributed by atoms with Gasteiger partial charge >= 0.3 is 0 Å². The molecule has 2 aliphatic heterocycles. The van der Waals surface area contributed by atoms with Crippen molar-refractivity contribution in [3.8, 4) is 11.5 Å². The number of hydrogen-bond acceptors (Lipinski definition) is 6. The van der Waals surface area contributed by atoms with Crippen molar-refractivity contribution in [3.05, 3.63) is 18.3 Å². The molecule has 0 unspecified atom stereocenters. The summed E-state index contributed by atoms with van der Waals surface area (Å²) in [6, 6.07) is 4.10. The zero-order chi connectivity index (χ0) is 18.8. The van der Waals surface area contributed by atoms with Crippen LogP contribution in [0.25, 0.3) is 10.9 Å². The molecule has 27 heavy (non-hydrogen) atoms. The molecule has 2 fully saturated rings. The highest BCUT2D eigenvalue weighted by Gasteiger charge is 2.30. The van der Waals surface area contributed by atoms with E-state index in [-0.39, 0.29) is 6.04 Å². The number of amides is 1. The summed E-state index contributed by atoms with van der Waals surface area (Å²) in [6.45, 7) is 2.67. The minimum Gasteiger partial charge on any atom is -0.493 e. The number of aromatic nitrogens is 2. The van der Waals surface area contributed by atoms with Gasteiger partial charge in [-0.3, -0.25) is 4.79 Å². The summed E-state index contributed by atoms with van der Waals surface area (Å²) in [4.78, 5) is 16.8. The lowest BCUT2D eigenvalue weighted by Crippen LogP contribution is -2.51. The summed E-state index contributed by atoms with van der Waals surface area (Å²) in [5.41, 5.74) is 1.82. The van der Waals surface area contributed by atoms with Crippen molar-refractivity contribution in [1.82, 2.24) is 15.1 Å². The van der Waals surface area contributed by atoms with Gasteiger partial charge in [-0.2, -0.15) is 10.2 Å². The number of hydrogen-bond donors (Lipinski definition) is 0. The van der Waals surface area contributed by atoms with E-state index in [9.17, 15) is 4.79 Å². The lowest BCUT2D eigenvalue weighted by atomic mass is 9.99. The highest BCUT2D eigenvalue weighted by atomic mass is 16.5. The summed E-state index contributed by atoms with van der Waals surface area (Å²) >= 11 is 0. The molecule has 1 aromatic heterocycles. The molecule has 1 aromatic carbocycles. The van der Waals surface area contributed by atoms with Gasteiger partial charge in [-0.25, -0.2) is 0 Å². The number of ether oxygens (including phenoxy) is 2. The second kappa shape index (κ2) is 7.58. The second-order valence-electron chi connectivity index (χ2n) is 7.24. The van der Waals surface area contributed by atoms with E-state index in [1.54, 1.807) is 14.2 Å². The Bertz CT molecular complexity index is 841. The summed E-state index contributed by atoms with van der Waals surface area (Å²) in [5, 5.41) is 9.46. The number of nitrogens with zero attached hydrogens (tertiary/aromatic N) is 4. The Labute approximate surface area is 159 Å². The van der Waals surface area contributed by atoms with Gasteiger partial charge in [-0.05, 0) is 31.7 Å². The van der Waals surface area contributed by atoms with Crippen molar-refractivity contribution in [2.75, 3.05) is 38.8 Å². The van der Waals surface area contributed by atoms with E-state index in [0.29, 0.717) is 23.8 Å². The fourth-order valence-corrected chi connectivity index (χ4v) is 4.26. The molecule has 2 aromatic rings. The zero-order valence-electron chi connectivity index (χ0n) is 16.0. The van der Waals surface area contributed by atoms with Crippen molar-refractivity contribution in [1.29, 1.82) is 0 Å². The van der Waals surface area contributed by atoms with E-state index in [1.165, 1.54) is 0 Å². The number of benzene rings is 1. The lowest BCUT2D eigenvalue weighted by Gasteiger charge is -2.42. The van der Waals surface area contributed by atoms with Crippen molar-refractivity contribution >= 4 is 22.5 Å². The third-order valence-corrected chi connectivity index (χ3v) is 5.66. The Balaban J connectivity index is 1.66. The third kappa shape index (κ3) is 3.38. The smallest absolute Gasteiger partial charge is 0.222 e. The van der Waals surface area contributed by atoms with Crippen LogP contribution in [0.1, 0.15) is 32.1 Å². The first-order valence-corrected chi connectivity index (χ1v) is 9.63. The SMILES string of the molecule is COc1cc2nncc(N3CCC[C@H](N4CCCCC4=O)C3)c2cc1OC. The second-order valence-corrected chi connectivity index (χ2v) is 7.24. The van der Waals surface area contributed by atoms with E-state index in [0.717, 1.165) is 61.9 Å². The van der Waals surface area contributed by atoms with Crippen LogP contribution in [0.5, 0.6) is 11.5 Å². The number of anilines is 1. The van der Waals surface area contributed by atoms with Crippen molar-refractivity contribution < 1.29 is 14.3 Å². The van der Waals surface area contributed by atoms with Crippen LogP contribution in [0.3, 0.4) is 0 Å². The molecule has 4 rings (SSSR count). The van der Waals surface area contributed by atoms with Crippen LogP contribution in [0, 0.1) is 0 Å². The molecule has 0 radical (unpaired) electrons. The molecule has 0 saturated carbocycles. The highest BCUT2D eigenvalue weighted by molar-refractivity contribution is 5.93. The number of likely N-dealkylation sites (tertiary alicyclic amines) is 1. The van der Waals surface area contributed by atoms with Gasteiger partial charge in [0.2, 0.25) is 5.91 Å². The molecule has 1 amide bonds. The minimum atomic E-state index is 0.273. The van der Waals surface area contributed by atoms with Gasteiger partial charge in [0.15, 0.2) is 11.5 Å². The van der Waals surface area contributed by atoms with Crippen LogP contribution in [0.2, 0.25) is 0 Å². The molecule has 1 atom stereocenters. The normalized spacial score (nSPS) is 20.8. The van der Waals surface area contributed by atoms with Crippen molar-refractivity contribution in [2.24, 2.45) is 0 Å². The fourth-order valence-electron chi connectivity index (χ4n) is 4.26. The number of piperidine rings is 2. The first-order chi connectivity index (χ1) is 13.2. The summed E-state index contributed by atoms with van der Waals surface area (Å²) < 4.78 is 10.9. The fraction of sp³-hybridized carbons (Fsp3) is 0.550. The Morgan fingerprint density at radius 1 is 1.07 bits per heavy atom. The summed E-state index contributed by atoms with van der Waals surface area (Å²) in [7, 11) is 3.25. The van der Waals surface area contributed by atoms with Crippen LogP contribution in [-0.4, -0.2) is 60.9 Å². The predicted molar refractivity (Wildman–Crippen MR) is 103 cm³/mol. The standard InChI is InChI=1S/C20H26N4O3/c1-26-18-10-15-16(11-19(18)27-2)22-21-12-17(15)23-8-5-6-14(13-23)24-9-4-3-7-20(24)25/h10-12,14H,3-9,13H2,1-2H3/t14-/m0/s1. The van der Waals surface area contributed by atoms with E-state index in [2.05, 4.69) is 20.0 Å². The monoisotopic (exact) mass is 370 g/mol. The van der Waals surface area contributed by atoms with Crippen molar-refractivity contribution in [3.63, 3.8) is 0 Å². The van der Waals surface area contributed by atoms with Crippen molar-refractivity contribution in [2.45, 2.75) is 38.1 Å². The van der Waals surface area contributed by atoms with Gasteiger partial charge in [0.1, 0.15) is 0 Å². The Kier molecular flexibility index (Phi) is 5.01. The first-order valence-electron chi connectivity index (χ1n) is 9.63. The van der Waals surface area contributed by atoms with Crippen LogP contribution in [-0.2, 0) is 4.79 Å². The largest absolute Gasteiger partial charge is 0.493 e. The number of methoxy groups -OCH3 is 2. The third-order valence-electron chi connectivity index (χ3n) is 5.66. The van der Waals surface area contributed by atoms with E-state index >= 15 is 0 Å². The average molecular weight is 370 g/mol. The summed E-state index contributed by atoms with van der Waals surface area (Å²) in [6.07, 6.45) is 6.76. The lowest BCUT2D eigenvalue weighted by molar-refractivity contribution is -0.135. The van der Waals surface area contributed by atoms with Gasteiger partial charge in [0.05, 0.1) is 31.6 Å². The number of fused-ring (bicyclic) bond motifs is 1. The van der Waals surface area contributed by atoms with Crippen LogP contribution in [0.15, 0.2) is 18.3 Å². The van der Waals surface area contributed by atoms with E-state index in [1.807, 2.05) is 18.3 Å². The number of carbonyl (C=O) groups excluding carboxylic acids is 1. The Morgan fingerprint density at radius 2 is 1.89 bits per heavy atom. The predicted octanol–water partition coefficient (Wildman–Crippen LogP) is 2.63.